The molecule has 0 spiro atoms. The second kappa shape index (κ2) is 6.73. The average molecular weight is 438 g/mol. The number of aromatic hydroxyl groups is 1. The molecule has 2 aromatic carbocycles. The highest BCUT2D eigenvalue weighted by atomic mass is 16.5. The van der Waals surface area contributed by atoms with Crippen LogP contribution in [0.25, 0.3) is 22.1 Å². The monoisotopic (exact) mass is 438 g/mol. The van der Waals surface area contributed by atoms with Crippen LogP contribution in [0.4, 0.5) is 0 Å². The van der Waals surface area contributed by atoms with E-state index in [1.54, 1.807) is 45.9 Å². The molecule has 32 heavy (non-hydrogen) atoms. The van der Waals surface area contributed by atoms with Crippen molar-refractivity contribution in [3.05, 3.63) is 51.9 Å². The number of hydrogen-bond acceptors (Lipinski definition) is 7. The van der Waals surface area contributed by atoms with Crippen LogP contribution >= 0.6 is 0 Å². The van der Waals surface area contributed by atoms with E-state index >= 15 is 0 Å². The largest absolute Gasteiger partial charge is 0.507 e. The van der Waals surface area contributed by atoms with Crippen LogP contribution in [0.2, 0.25) is 0 Å². The molecule has 168 valence electrons. The Balaban J connectivity index is 1.57. The van der Waals surface area contributed by atoms with Gasteiger partial charge in [0.2, 0.25) is 5.43 Å². The standard InChI is InChI=1S/C25H26O7/c1-24(2,28)19-8-13-7-12(5-6-16(13)31-19)15-11-30-18-10-17-14(22(26)21(18)23(15)27)9-20(32-17)25(3,4)29/h5-7,10-11,19-20,26,28-29H,8-9H2,1-4H3/t19-,20+/m1/s1. The first-order valence-corrected chi connectivity index (χ1v) is 10.6. The molecular weight excluding hydrogens is 412 g/mol. The highest BCUT2D eigenvalue weighted by Gasteiger charge is 2.38. The zero-order chi connectivity index (χ0) is 23.0. The maximum absolute atomic E-state index is 13.4. The molecular formula is C25H26O7. The quantitative estimate of drug-likeness (QED) is 0.576. The summed E-state index contributed by atoms with van der Waals surface area (Å²) in [5, 5.41) is 31.6. The number of ether oxygens (including phenoxy) is 2. The van der Waals surface area contributed by atoms with Gasteiger partial charge in [0.25, 0.3) is 0 Å². The Hall–Kier alpha value is -3.03. The van der Waals surface area contributed by atoms with Gasteiger partial charge in [0, 0.05) is 24.5 Å². The molecule has 3 heterocycles. The molecule has 0 saturated heterocycles. The fourth-order valence-corrected chi connectivity index (χ4v) is 4.37. The van der Waals surface area contributed by atoms with Crippen LogP contribution in [0.15, 0.2) is 39.7 Å². The van der Waals surface area contributed by atoms with Crippen molar-refractivity contribution in [1.82, 2.24) is 0 Å². The molecule has 2 atom stereocenters. The van der Waals surface area contributed by atoms with E-state index in [1.807, 2.05) is 6.07 Å². The summed E-state index contributed by atoms with van der Waals surface area (Å²) in [6.07, 6.45) is 1.30. The van der Waals surface area contributed by atoms with E-state index in [0.29, 0.717) is 41.0 Å². The van der Waals surface area contributed by atoms with E-state index in [4.69, 9.17) is 13.9 Å². The molecule has 0 fully saturated rings. The van der Waals surface area contributed by atoms with Crippen LogP contribution in [-0.2, 0) is 12.8 Å². The van der Waals surface area contributed by atoms with Crippen molar-refractivity contribution in [1.29, 1.82) is 0 Å². The van der Waals surface area contributed by atoms with Crippen LogP contribution in [0.1, 0.15) is 38.8 Å². The first-order chi connectivity index (χ1) is 14.9. The second-order valence-corrected chi connectivity index (χ2v) is 9.80. The van der Waals surface area contributed by atoms with Gasteiger partial charge in [-0.2, -0.15) is 0 Å². The van der Waals surface area contributed by atoms with Crippen molar-refractivity contribution >= 4 is 11.0 Å². The molecule has 0 radical (unpaired) electrons. The normalized spacial score (nSPS) is 20.1. The minimum absolute atomic E-state index is 0.0902. The van der Waals surface area contributed by atoms with Gasteiger partial charge in [0.05, 0.1) is 16.8 Å². The molecule has 7 nitrogen and oxygen atoms in total. The first-order valence-electron chi connectivity index (χ1n) is 10.6. The average Bonchev–Trinajstić information content (AvgIpc) is 3.31. The molecule has 1 aromatic heterocycles. The van der Waals surface area contributed by atoms with Crippen LogP contribution in [0, 0.1) is 0 Å². The van der Waals surface area contributed by atoms with Gasteiger partial charge in [-0.05, 0) is 51.0 Å². The summed E-state index contributed by atoms with van der Waals surface area (Å²) in [6, 6.07) is 6.99. The number of rotatable bonds is 3. The lowest BCUT2D eigenvalue weighted by atomic mass is 9.94. The Bertz CT molecular complexity index is 1290. The van der Waals surface area contributed by atoms with Crippen molar-refractivity contribution < 1.29 is 29.2 Å². The third kappa shape index (κ3) is 3.24. The summed E-state index contributed by atoms with van der Waals surface area (Å²) < 4.78 is 17.4. The molecule has 0 bridgehead atoms. The molecule has 7 heteroatoms. The molecule has 3 N–H and O–H groups in total. The Morgan fingerprint density at radius 1 is 0.938 bits per heavy atom. The highest BCUT2D eigenvalue weighted by molar-refractivity contribution is 5.90. The van der Waals surface area contributed by atoms with Gasteiger partial charge < -0.3 is 29.2 Å². The lowest BCUT2D eigenvalue weighted by Gasteiger charge is -2.24. The molecule has 3 aromatic rings. The van der Waals surface area contributed by atoms with Gasteiger partial charge in [0.15, 0.2) is 0 Å². The van der Waals surface area contributed by atoms with E-state index in [0.717, 1.165) is 5.56 Å². The maximum Gasteiger partial charge on any atom is 0.204 e. The molecule has 2 aliphatic rings. The third-order valence-corrected chi connectivity index (χ3v) is 6.38. The van der Waals surface area contributed by atoms with E-state index in [9.17, 15) is 20.1 Å². The fourth-order valence-electron chi connectivity index (χ4n) is 4.37. The Kier molecular flexibility index (Phi) is 4.39. The van der Waals surface area contributed by atoms with Crippen LogP contribution in [0.3, 0.4) is 0 Å². The lowest BCUT2D eigenvalue weighted by molar-refractivity contribution is -0.0231. The van der Waals surface area contributed by atoms with E-state index in [2.05, 4.69) is 0 Å². The molecule has 5 rings (SSSR count). The topological polar surface area (TPSA) is 109 Å². The fraction of sp³-hybridized carbons (Fsp3) is 0.400. The highest BCUT2D eigenvalue weighted by Crippen LogP contribution is 2.43. The first kappa shape index (κ1) is 20.8. The Morgan fingerprint density at radius 2 is 1.59 bits per heavy atom. The minimum atomic E-state index is -1.10. The summed E-state index contributed by atoms with van der Waals surface area (Å²) >= 11 is 0. The summed E-state index contributed by atoms with van der Waals surface area (Å²) in [5.41, 5.74) is 0.127. The SMILES string of the molecule is CC(C)(O)[C@@H]1Cc2c(cc3occ(-c4ccc5c(c4)C[C@H](C(C)(C)O)O5)c(=O)c3c2O)O1. The molecule has 2 aliphatic heterocycles. The predicted molar refractivity (Wildman–Crippen MR) is 118 cm³/mol. The summed E-state index contributed by atoms with van der Waals surface area (Å²) in [6.45, 7) is 6.69. The van der Waals surface area contributed by atoms with Crippen molar-refractivity contribution in [3.8, 4) is 28.4 Å². The number of hydrogen-bond donors (Lipinski definition) is 3. The van der Waals surface area contributed by atoms with E-state index < -0.39 is 17.3 Å². The molecule has 0 aliphatic carbocycles. The number of phenols is 1. The van der Waals surface area contributed by atoms with Crippen LogP contribution in [0.5, 0.6) is 17.2 Å². The molecule has 0 unspecified atom stereocenters. The number of benzene rings is 2. The van der Waals surface area contributed by atoms with Gasteiger partial charge in [-0.3, -0.25) is 4.79 Å². The maximum atomic E-state index is 13.4. The zero-order valence-electron chi connectivity index (χ0n) is 18.4. The summed E-state index contributed by atoms with van der Waals surface area (Å²) in [5.74, 6) is 0.915. The van der Waals surface area contributed by atoms with Crippen molar-refractivity contribution in [2.45, 2.75) is 63.9 Å². The number of fused-ring (bicyclic) bond motifs is 3. The van der Waals surface area contributed by atoms with Crippen LogP contribution in [-0.4, -0.2) is 38.7 Å². The van der Waals surface area contributed by atoms with E-state index in [1.165, 1.54) is 6.26 Å². The summed E-state index contributed by atoms with van der Waals surface area (Å²) in [4.78, 5) is 13.4. The Labute approximate surface area is 184 Å². The van der Waals surface area contributed by atoms with Crippen molar-refractivity contribution in [3.63, 3.8) is 0 Å². The zero-order valence-corrected chi connectivity index (χ0v) is 18.4. The molecule has 0 saturated carbocycles. The van der Waals surface area contributed by atoms with Gasteiger partial charge >= 0.3 is 0 Å². The third-order valence-electron chi connectivity index (χ3n) is 6.38. The van der Waals surface area contributed by atoms with Gasteiger partial charge in [-0.15, -0.1) is 0 Å². The number of phenolic OH excluding ortho intramolecular Hbond substituents is 1. The molecule has 0 amide bonds. The van der Waals surface area contributed by atoms with Crippen molar-refractivity contribution in [2.75, 3.05) is 0 Å². The number of aliphatic hydroxyl groups is 2. The minimum Gasteiger partial charge on any atom is -0.507 e. The second-order valence-electron chi connectivity index (χ2n) is 9.80. The van der Waals surface area contributed by atoms with Crippen molar-refractivity contribution in [2.24, 2.45) is 0 Å². The van der Waals surface area contributed by atoms with Gasteiger partial charge in [-0.1, -0.05) is 6.07 Å². The van der Waals surface area contributed by atoms with Gasteiger partial charge in [-0.25, -0.2) is 0 Å². The Morgan fingerprint density at radius 3 is 2.28 bits per heavy atom. The van der Waals surface area contributed by atoms with E-state index in [-0.39, 0.29) is 28.3 Å². The predicted octanol–water partition coefficient (Wildman–Crippen LogP) is 3.31. The summed E-state index contributed by atoms with van der Waals surface area (Å²) in [7, 11) is 0. The lowest BCUT2D eigenvalue weighted by Crippen LogP contribution is -2.39. The smallest absolute Gasteiger partial charge is 0.204 e. The van der Waals surface area contributed by atoms with Gasteiger partial charge in [0.1, 0.15) is 46.7 Å². The van der Waals surface area contributed by atoms with Crippen LogP contribution < -0.4 is 14.9 Å².